The lowest BCUT2D eigenvalue weighted by atomic mass is 10.3. The molecule has 0 aliphatic heterocycles. The number of hydrogen-bond donors (Lipinski definition) is 0. The Morgan fingerprint density at radius 1 is 0.917 bits per heavy atom. The number of hydrogen-bond acceptors (Lipinski definition) is 8. The van der Waals surface area contributed by atoms with Crippen molar-refractivity contribution in [2.24, 2.45) is 5.18 Å². The van der Waals surface area contributed by atoms with Gasteiger partial charge in [0.25, 0.3) is 5.69 Å². The van der Waals surface area contributed by atoms with Gasteiger partial charge >= 0.3 is 11.9 Å². The number of rotatable bonds is 6. The molecular formula is C15H10N2O7. The van der Waals surface area contributed by atoms with Crippen molar-refractivity contribution in [3.05, 3.63) is 63.6 Å². The molecule has 9 heteroatoms. The first-order valence-corrected chi connectivity index (χ1v) is 6.57. The predicted octanol–water partition coefficient (Wildman–Crippen LogP) is 2.89. The molecule has 0 aliphatic rings. The van der Waals surface area contributed by atoms with Crippen LogP contribution >= 0.6 is 0 Å². The van der Waals surface area contributed by atoms with Crippen LogP contribution in [0.1, 0.15) is 6.42 Å². The maximum absolute atomic E-state index is 11.6. The van der Waals surface area contributed by atoms with E-state index in [1.807, 2.05) is 0 Å². The van der Waals surface area contributed by atoms with Crippen molar-refractivity contribution >= 4 is 23.3 Å². The van der Waals surface area contributed by atoms with Gasteiger partial charge in [-0.1, -0.05) is 0 Å². The molecule has 0 heterocycles. The molecule has 0 aliphatic carbocycles. The minimum absolute atomic E-state index is 0.0693. The highest BCUT2D eigenvalue weighted by atomic mass is 16.6. The highest BCUT2D eigenvalue weighted by Gasteiger charge is 2.15. The van der Waals surface area contributed by atoms with Gasteiger partial charge in [-0.25, -0.2) is 0 Å². The van der Waals surface area contributed by atoms with E-state index in [2.05, 4.69) is 5.18 Å². The van der Waals surface area contributed by atoms with Crippen LogP contribution < -0.4 is 9.47 Å². The molecule has 2 aromatic rings. The summed E-state index contributed by atoms with van der Waals surface area (Å²) in [5, 5.41) is 13.2. The van der Waals surface area contributed by atoms with Gasteiger partial charge in [0, 0.05) is 12.1 Å². The molecule has 24 heavy (non-hydrogen) atoms. The Kier molecular flexibility index (Phi) is 5.29. The number of esters is 2. The third kappa shape index (κ3) is 4.70. The van der Waals surface area contributed by atoms with Crippen LogP contribution in [-0.2, 0) is 9.59 Å². The minimum atomic E-state index is -0.875. The molecular weight excluding hydrogens is 320 g/mol. The first-order chi connectivity index (χ1) is 11.5. The highest BCUT2D eigenvalue weighted by molar-refractivity contribution is 5.93. The van der Waals surface area contributed by atoms with Crippen molar-refractivity contribution in [1.29, 1.82) is 0 Å². The predicted molar refractivity (Wildman–Crippen MR) is 80.9 cm³/mol. The van der Waals surface area contributed by atoms with Crippen LogP contribution in [0.25, 0.3) is 0 Å². The third-order valence-electron chi connectivity index (χ3n) is 2.74. The lowest BCUT2D eigenvalue weighted by Crippen LogP contribution is -2.18. The van der Waals surface area contributed by atoms with Gasteiger partial charge in [-0.3, -0.25) is 19.7 Å². The van der Waals surface area contributed by atoms with E-state index < -0.39 is 23.3 Å². The average Bonchev–Trinajstić information content (AvgIpc) is 2.55. The second-order valence-electron chi connectivity index (χ2n) is 4.46. The summed E-state index contributed by atoms with van der Waals surface area (Å²) >= 11 is 0. The average molecular weight is 330 g/mol. The van der Waals surface area contributed by atoms with E-state index in [-0.39, 0.29) is 22.9 Å². The first-order valence-electron chi connectivity index (χ1n) is 6.57. The van der Waals surface area contributed by atoms with E-state index in [0.29, 0.717) is 0 Å². The summed E-state index contributed by atoms with van der Waals surface area (Å²) in [5.41, 5.74) is 0.0230. The lowest BCUT2D eigenvalue weighted by Gasteiger charge is -2.05. The summed E-state index contributed by atoms with van der Waals surface area (Å²) < 4.78 is 9.78. The quantitative estimate of drug-likeness (QED) is 0.199. The molecule has 0 amide bonds. The molecule has 0 radical (unpaired) electrons. The van der Waals surface area contributed by atoms with E-state index in [0.717, 1.165) is 0 Å². The largest absolute Gasteiger partial charge is 0.426 e. The molecule has 0 fully saturated rings. The molecule has 9 nitrogen and oxygen atoms in total. The number of non-ortho nitro benzene ring substituents is 1. The number of benzene rings is 2. The van der Waals surface area contributed by atoms with E-state index in [9.17, 15) is 24.6 Å². The van der Waals surface area contributed by atoms with Crippen LogP contribution in [0.15, 0.2) is 53.7 Å². The summed E-state index contributed by atoms with van der Waals surface area (Å²) in [6.07, 6.45) is -0.648. The maximum atomic E-state index is 11.6. The maximum Gasteiger partial charge on any atom is 0.322 e. The summed E-state index contributed by atoms with van der Waals surface area (Å²) in [7, 11) is 0. The summed E-state index contributed by atoms with van der Waals surface area (Å²) in [6.45, 7) is 0. The van der Waals surface area contributed by atoms with Gasteiger partial charge in [0.1, 0.15) is 23.6 Å². The molecule has 0 aromatic heterocycles. The molecule has 2 rings (SSSR count). The Morgan fingerprint density at radius 3 is 1.79 bits per heavy atom. The Morgan fingerprint density at radius 2 is 1.38 bits per heavy atom. The molecule has 2 aromatic carbocycles. The number of nitrogens with zero attached hydrogens (tertiary/aromatic N) is 2. The minimum Gasteiger partial charge on any atom is -0.426 e. The van der Waals surface area contributed by atoms with Crippen molar-refractivity contribution < 1.29 is 24.0 Å². The number of carbonyl (C=O) groups excluding carboxylic acids is 2. The van der Waals surface area contributed by atoms with Crippen LogP contribution in [0.5, 0.6) is 11.5 Å². The molecule has 122 valence electrons. The van der Waals surface area contributed by atoms with Gasteiger partial charge in [0.05, 0.1) is 4.92 Å². The van der Waals surface area contributed by atoms with Gasteiger partial charge in [-0.15, -0.1) is 4.91 Å². The van der Waals surface area contributed by atoms with Gasteiger partial charge in [-0.05, 0) is 41.6 Å². The zero-order chi connectivity index (χ0) is 17.5. The fourth-order valence-electron chi connectivity index (χ4n) is 1.66. The van der Waals surface area contributed by atoms with Crippen LogP contribution in [0.3, 0.4) is 0 Å². The zero-order valence-corrected chi connectivity index (χ0v) is 12.1. The van der Waals surface area contributed by atoms with Crippen molar-refractivity contribution in [3.63, 3.8) is 0 Å². The summed E-state index contributed by atoms with van der Waals surface area (Å²) in [5.74, 6) is -1.51. The Bertz CT molecular complexity index is 769. The molecule has 0 N–H and O–H groups in total. The van der Waals surface area contributed by atoms with Crippen molar-refractivity contribution in [3.8, 4) is 11.5 Å². The second-order valence-corrected chi connectivity index (χ2v) is 4.46. The Labute approximate surface area is 134 Å². The second kappa shape index (κ2) is 7.58. The molecule has 0 saturated heterocycles. The van der Waals surface area contributed by atoms with E-state index in [1.54, 1.807) is 0 Å². The molecule has 0 saturated carbocycles. The molecule has 0 unspecified atom stereocenters. The van der Waals surface area contributed by atoms with Crippen LogP contribution in [0.2, 0.25) is 0 Å². The van der Waals surface area contributed by atoms with Crippen LogP contribution in [-0.4, -0.2) is 16.9 Å². The molecule has 0 atom stereocenters. The number of nitro benzene ring substituents is 1. The standard InChI is InChI=1S/C15H10N2O7/c18-14(23-12-5-1-10(16-20)2-6-12)9-15(19)24-13-7-3-11(4-8-13)17(21)22/h1-8H,9H2. The lowest BCUT2D eigenvalue weighted by molar-refractivity contribution is -0.384. The van der Waals surface area contributed by atoms with Gasteiger partial charge < -0.3 is 9.47 Å². The van der Waals surface area contributed by atoms with Crippen LogP contribution in [0, 0.1) is 15.0 Å². The SMILES string of the molecule is O=Nc1ccc(OC(=O)CC(=O)Oc2ccc([N+](=O)[O-])cc2)cc1. The van der Waals surface area contributed by atoms with Gasteiger partial charge in [0.2, 0.25) is 0 Å². The third-order valence-corrected chi connectivity index (χ3v) is 2.74. The zero-order valence-electron chi connectivity index (χ0n) is 12.1. The summed E-state index contributed by atoms with van der Waals surface area (Å²) in [6, 6.07) is 10.2. The molecule has 0 spiro atoms. The topological polar surface area (TPSA) is 125 Å². The fraction of sp³-hybridized carbons (Fsp3) is 0.0667. The Balaban J connectivity index is 1.87. The monoisotopic (exact) mass is 330 g/mol. The number of nitroso groups, excluding NO2 is 1. The van der Waals surface area contributed by atoms with Gasteiger partial charge in [0.15, 0.2) is 0 Å². The highest BCUT2D eigenvalue weighted by Crippen LogP contribution is 2.19. The smallest absolute Gasteiger partial charge is 0.322 e. The normalized spacial score (nSPS) is 9.83. The number of carbonyl (C=O) groups is 2. The van der Waals surface area contributed by atoms with E-state index >= 15 is 0 Å². The van der Waals surface area contributed by atoms with E-state index in [1.165, 1.54) is 48.5 Å². The van der Waals surface area contributed by atoms with Crippen LogP contribution in [0.4, 0.5) is 11.4 Å². The summed E-state index contributed by atoms with van der Waals surface area (Å²) in [4.78, 5) is 43.4. The van der Waals surface area contributed by atoms with Crippen molar-refractivity contribution in [2.75, 3.05) is 0 Å². The van der Waals surface area contributed by atoms with Crippen molar-refractivity contribution in [2.45, 2.75) is 6.42 Å². The molecule has 0 bridgehead atoms. The van der Waals surface area contributed by atoms with Gasteiger partial charge in [-0.2, -0.15) is 0 Å². The van der Waals surface area contributed by atoms with Crippen molar-refractivity contribution in [1.82, 2.24) is 0 Å². The number of nitro groups is 1. The Hall–Kier alpha value is -3.62. The number of ether oxygens (including phenoxy) is 2. The first kappa shape index (κ1) is 16.7. The fourth-order valence-corrected chi connectivity index (χ4v) is 1.66. The van der Waals surface area contributed by atoms with E-state index in [4.69, 9.17) is 9.47 Å².